The fraction of sp³-hybridized carbons (Fsp3) is 0.917. The lowest BCUT2D eigenvalue weighted by molar-refractivity contribution is 0.522. The molecule has 0 radical (unpaired) electrons. The van der Waals surface area contributed by atoms with Gasteiger partial charge < -0.3 is 0 Å². The quantitative estimate of drug-likeness (QED) is 0.140. The van der Waals surface area contributed by atoms with E-state index < -0.39 is 0 Å². The highest BCUT2D eigenvalue weighted by molar-refractivity contribution is 7.20. The second-order valence-corrected chi connectivity index (χ2v) is 8.32. The predicted octanol–water partition coefficient (Wildman–Crippen LogP) is 9.59. The summed E-state index contributed by atoms with van der Waals surface area (Å²) in [6.07, 6.45) is 32.8. The van der Waals surface area contributed by atoms with Crippen molar-refractivity contribution in [1.29, 1.82) is 0 Å². The maximum atomic E-state index is 2.66. The largest absolute Gasteiger partial charge is 0.114 e. The van der Waals surface area contributed by atoms with Gasteiger partial charge in [0.05, 0.1) is 0 Å². The molecule has 1 heteroatoms. The lowest BCUT2D eigenvalue weighted by Gasteiger charge is -2.04. The Balaban J connectivity index is 2.96. The van der Waals surface area contributed by atoms with E-state index in [-0.39, 0.29) is 0 Å². The van der Waals surface area contributed by atoms with E-state index in [1.165, 1.54) is 135 Å². The molecule has 0 aliphatic carbocycles. The fourth-order valence-electron chi connectivity index (χ4n) is 3.61. The monoisotopic (exact) mass is 368 g/mol. The molecule has 0 aromatic rings. The van der Waals surface area contributed by atoms with Crippen LogP contribution < -0.4 is 0 Å². The molecule has 0 saturated heterocycles. The maximum Gasteiger partial charge on any atom is -0.0347 e. The van der Waals surface area contributed by atoms with Crippen molar-refractivity contribution in [2.24, 2.45) is 0 Å². The summed E-state index contributed by atoms with van der Waals surface area (Å²) in [6, 6.07) is 0. The summed E-state index contributed by atoms with van der Waals surface area (Å²) in [5.41, 5.74) is 0. The second kappa shape index (κ2) is 24.2. The number of hydrogen-bond donors (Lipinski definition) is 0. The Morgan fingerprint density at radius 1 is 0.440 bits per heavy atom. The lowest BCUT2D eigenvalue weighted by Crippen LogP contribution is -1.84. The lowest BCUT2D eigenvalue weighted by atomic mass is 10.0. The molecule has 0 amide bonds. The van der Waals surface area contributed by atoms with Crippen molar-refractivity contribution in [2.75, 3.05) is 0 Å². The average Bonchev–Trinajstić information content (AvgIpc) is 2.63. The number of rotatable bonds is 21. The Morgan fingerprint density at radius 3 is 1.00 bits per heavy atom. The standard InChI is InChI=1S/C24H49P/c1-2-3-4-5-6-7-8-9-10-11-12-13-14-15-16-17-18-19-20-21-22-23-24-25/h23-24H,2-22,25H2,1H3. The van der Waals surface area contributed by atoms with E-state index in [1.807, 2.05) is 0 Å². The summed E-state index contributed by atoms with van der Waals surface area (Å²) in [7, 11) is 2.66. The molecule has 25 heavy (non-hydrogen) atoms. The Hall–Kier alpha value is 0.170. The van der Waals surface area contributed by atoms with Crippen molar-refractivity contribution in [3.8, 4) is 0 Å². The van der Waals surface area contributed by atoms with E-state index in [0.717, 1.165) is 0 Å². The van der Waals surface area contributed by atoms with Crippen LogP contribution >= 0.6 is 9.24 Å². The van der Waals surface area contributed by atoms with Crippen LogP contribution in [0.3, 0.4) is 0 Å². The Kier molecular flexibility index (Phi) is 24.3. The van der Waals surface area contributed by atoms with Gasteiger partial charge in [-0.15, -0.1) is 9.24 Å². The molecule has 150 valence electrons. The molecule has 0 spiro atoms. The van der Waals surface area contributed by atoms with E-state index in [4.69, 9.17) is 0 Å². The van der Waals surface area contributed by atoms with Crippen LogP contribution in [0.4, 0.5) is 0 Å². The molecule has 0 aromatic carbocycles. The summed E-state index contributed by atoms with van der Waals surface area (Å²) in [5.74, 6) is 2.09. The third-order valence-electron chi connectivity index (χ3n) is 5.36. The van der Waals surface area contributed by atoms with Gasteiger partial charge in [0.15, 0.2) is 0 Å². The van der Waals surface area contributed by atoms with Gasteiger partial charge in [0.25, 0.3) is 0 Å². The molecule has 0 aromatic heterocycles. The molecule has 0 aliphatic heterocycles. The first-order valence-electron chi connectivity index (χ1n) is 11.8. The van der Waals surface area contributed by atoms with Crippen molar-refractivity contribution >= 4 is 9.24 Å². The minimum absolute atomic E-state index is 1.27. The summed E-state index contributed by atoms with van der Waals surface area (Å²) < 4.78 is 0. The fourth-order valence-corrected chi connectivity index (χ4v) is 3.81. The molecule has 1 atom stereocenters. The minimum atomic E-state index is 1.27. The molecule has 0 nitrogen and oxygen atoms in total. The van der Waals surface area contributed by atoms with Gasteiger partial charge in [0.2, 0.25) is 0 Å². The van der Waals surface area contributed by atoms with Crippen LogP contribution in [0.5, 0.6) is 0 Å². The Morgan fingerprint density at radius 2 is 0.720 bits per heavy atom. The molecule has 0 N–H and O–H groups in total. The molecule has 0 saturated carbocycles. The summed E-state index contributed by atoms with van der Waals surface area (Å²) >= 11 is 0. The van der Waals surface area contributed by atoms with Gasteiger partial charge in [-0.25, -0.2) is 0 Å². The molecule has 0 rings (SSSR count). The average molecular weight is 369 g/mol. The van der Waals surface area contributed by atoms with Crippen LogP contribution in [0.1, 0.15) is 142 Å². The highest BCUT2D eigenvalue weighted by Gasteiger charge is 1.95. The van der Waals surface area contributed by atoms with Crippen LogP contribution in [0.25, 0.3) is 0 Å². The van der Waals surface area contributed by atoms with Gasteiger partial charge in [-0.2, -0.15) is 0 Å². The highest BCUT2D eigenvalue weighted by Crippen LogP contribution is 2.15. The van der Waals surface area contributed by atoms with Gasteiger partial charge >= 0.3 is 0 Å². The molecule has 0 aliphatic rings. The van der Waals surface area contributed by atoms with Crippen molar-refractivity contribution in [3.63, 3.8) is 0 Å². The van der Waals surface area contributed by atoms with E-state index >= 15 is 0 Å². The molecular weight excluding hydrogens is 319 g/mol. The maximum absolute atomic E-state index is 2.66. The zero-order valence-electron chi connectivity index (χ0n) is 17.6. The van der Waals surface area contributed by atoms with Crippen LogP contribution in [0.2, 0.25) is 0 Å². The third kappa shape index (κ3) is 24.2. The predicted molar refractivity (Wildman–Crippen MR) is 121 cm³/mol. The summed E-state index contributed by atoms with van der Waals surface area (Å²) in [5, 5.41) is 0. The van der Waals surface area contributed by atoms with Gasteiger partial charge in [-0.3, -0.25) is 0 Å². The smallest absolute Gasteiger partial charge is 0.0347 e. The molecule has 0 fully saturated rings. The van der Waals surface area contributed by atoms with Gasteiger partial charge in [-0.1, -0.05) is 141 Å². The molecule has 0 bridgehead atoms. The minimum Gasteiger partial charge on any atom is -0.114 e. The van der Waals surface area contributed by atoms with Crippen molar-refractivity contribution in [3.05, 3.63) is 11.9 Å². The van der Waals surface area contributed by atoms with E-state index in [2.05, 4.69) is 28.1 Å². The first-order valence-corrected chi connectivity index (χ1v) is 12.4. The first-order chi connectivity index (χ1) is 12.4. The first kappa shape index (κ1) is 25.2. The topological polar surface area (TPSA) is 0 Å². The zero-order chi connectivity index (χ0) is 18.3. The van der Waals surface area contributed by atoms with Crippen LogP contribution in [0, 0.1) is 0 Å². The van der Waals surface area contributed by atoms with E-state index in [9.17, 15) is 0 Å². The van der Waals surface area contributed by atoms with Gasteiger partial charge in [0, 0.05) is 0 Å². The summed E-state index contributed by atoms with van der Waals surface area (Å²) in [4.78, 5) is 0. The molecular formula is C24H49P. The van der Waals surface area contributed by atoms with Crippen LogP contribution in [0.15, 0.2) is 11.9 Å². The Labute approximate surface area is 163 Å². The van der Waals surface area contributed by atoms with Crippen molar-refractivity contribution < 1.29 is 0 Å². The van der Waals surface area contributed by atoms with E-state index in [1.54, 1.807) is 0 Å². The third-order valence-corrected chi connectivity index (χ3v) is 5.63. The normalized spacial score (nSPS) is 11.6. The summed E-state index contributed by atoms with van der Waals surface area (Å²) in [6.45, 7) is 2.30. The van der Waals surface area contributed by atoms with Gasteiger partial charge in [-0.05, 0) is 12.8 Å². The highest BCUT2D eigenvalue weighted by atomic mass is 31.0. The van der Waals surface area contributed by atoms with Crippen LogP contribution in [-0.4, -0.2) is 0 Å². The number of hydrogen-bond acceptors (Lipinski definition) is 0. The number of unbranched alkanes of at least 4 members (excludes halogenated alkanes) is 20. The zero-order valence-corrected chi connectivity index (χ0v) is 18.7. The molecule has 1 unspecified atom stereocenters. The van der Waals surface area contributed by atoms with Crippen molar-refractivity contribution in [1.82, 2.24) is 0 Å². The van der Waals surface area contributed by atoms with Crippen LogP contribution in [-0.2, 0) is 0 Å². The number of allylic oxidation sites excluding steroid dienone is 1. The van der Waals surface area contributed by atoms with Crippen molar-refractivity contribution in [2.45, 2.75) is 142 Å². The van der Waals surface area contributed by atoms with E-state index in [0.29, 0.717) is 0 Å². The molecule has 0 heterocycles. The van der Waals surface area contributed by atoms with Gasteiger partial charge in [0.1, 0.15) is 0 Å². The second-order valence-electron chi connectivity index (χ2n) is 7.93. The Bertz CT molecular complexity index is 246. The SMILES string of the molecule is CCCCCCCCCCCCCCCCCCCCCCC=CP.